The first-order valence-electron chi connectivity index (χ1n) is 21.4. The van der Waals surface area contributed by atoms with Gasteiger partial charge in [0.2, 0.25) is 0 Å². The lowest BCUT2D eigenvalue weighted by Gasteiger charge is -2.42. The molecule has 2 aliphatic heterocycles. The Morgan fingerprint density at radius 1 is 0.375 bits per heavy atom. The summed E-state index contributed by atoms with van der Waals surface area (Å²) >= 11 is 3.46. The number of rotatable bonds is 6. The van der Waals surface area contributed by atoms with Crippen molar-refractivity contribution in [3.8, 4) is 22.3 Å². The molecule has 0 unspecified atom stereocenters. The van der Waals surface area contributed by atoms with Crippen molar-refractivity contribution in [3.05, 3.63) is 217 Å². The van der Waals surface area contributed by atoms with Gasteiger partial charge < -0.3 is 14.4 Å². The van der Waals surface area contributed by atoms with Crippen molar-refractivity contribution in [1.29, 1.82) is 0 Å². The molecule has 3 nitrogen and oxygen atoms in total. The van der Waals surface area contributed by atoms with E-state index in [9.17, 15) is 0 Å². The van der Waals surface area contributed by atoms with Crippen molar-refractivity contribution in [2.45, 2.75) is 39.0 Å². The molecule has 12 rings (SSSR count). The molecule has 64 heavy (non-hydrogen) atoms. The summed E-state index contributed by atoms with van der Waals surface area (Å²) in [5.74, 6) is -0.735. The number of hydrogen-bond acceptors (Lipinski definition) is 4. The van der Waals surface area contributed by atoms with Crippen LogP contribution in [0.3, 0.4) is 0 Å². The molecule has 0 saturated carbocycles. The van der Waals surface area contributed by atoms with E-state index in [0.29, 0.717) is 22.3 Å². The largest absolute Gasteiger partial charge is 0.331 e. The minimum Gasteiger partial charge on any atom is -0.331 e. The maximum atomic E-state index is 17.4. The monoisotopic (exact) mass is 867 g/mol. The van der Waals surface area contributed by atoms with Gasteiger partial charge in [-0.2, -0.15) is 0 Å². The first-order valence-corrected chi connectivity index (χ1v) is 23.0. The van der Waals surface area contributed by atoms with Crippen molar-refractivity contribution < 1.29 is 8.78 Å². The van der Waals surface area contributed by atoms with E-state index in [1.807, 2.05) is 24.3 Å². The van der Waals surface area contributed by atoms with Crippen LogP contribution in [0.1, 0.15) is 19.4 Å². The van der Waals surface area contributed by atoms with Gasteiger partial charge in [-0.1, -0.05) is 145 Å². The van der Waals surface area contributed by atoms with Crippen LogP contribution in [-0.2, 0) is 5.54 Å². The molecule has 0 saturated heterocycles. The summed E-state index contributed by atoms with van der Waals surface area (Å²) in [5.41, 5.74) is 9.51. The van der Waals surface area contributed by atoms with E-state index in [-0.39, 0.29) is 11.6 Å². The fourth-order valence-corrected chi connectivity index (χ4v) is 12.2. The van der Waals surface area contributed by atoms with E-state index < -0.39 is 5.54 Å². The van der Waals surface area contributed by atoms with Crippen LogP contribution in [0.25, 0.3) is 44.1 Å². The smallest absolute Gasteiger partial charge is 0.131 e. The van der Waals surface area contributed by atoms with E-state index in [1.54, 1.807) is 35.7 Å². The number of para-hydroxylation sites is 6. The lowest BCUT2D eigenvalue weighted by Crippen LogP contribution is -2.31. The molecule has 0 radical (unpaired) electrons. The van der Waals surface area contributed by atoms with Crippen LogP contribution in [0.4, 0.5) is 42.9 Å². The maximum Gasteiger partial charge on any atom is 0.131 e. The van der Waals surface area contributed by atoms with Crippen LogP contribution in [0, 0.1) is 11.6 Å². The molecule has 0 fully saturated rings. The molecule has 3 heterocycles. The highest BCUT2D eigenvalue weighted by Gasteiger charge is 2.41. The summed E-state index contributed by atoms with van der Waals surface area (Å²) in [7, 11) is 0. The Balaban J connectivity index is 1.35. The molecule has 7 heteroatoms. The summed E-state index contributed by atoms with van der Waals surface area (Å²) in [6.45, 7) is 4.43. The van der Waals surface area contributed by atoms with E-state index in [2.05, 4.69) is 180 Å². The molecular formula is C57H39F2N3S2. The molecule has 0 amide bonds. The van der Waals surface area contributed by atoms with E-state index in [4.69, 9.17) is 0 Å². The number of anilines is 6. The second-order valence-corrected chi connectivity index (χ2v) is 18.8. The highest BCUT2D eigenvalue weighted by molar-refractivity contribution is 8.00. The Labute approximate surface area is 379 Å². The summed E-state index contributed by atoms with van der Waals surface area (Å²) in [5, 5.41) is 2.21. The Bertz CT molecular complexity index is 3190. The van der Waals surface area contributed by atoms with E-state index >= 15 is 8.78 Å². The van der Waals surface area contributed by atoms with Crippen molar-refractivity contribution in [3.63, 3.8) is 0 Å². The summed E-state index contributed by atoms with van der Waals surface area (Å²) in [4.78, 5) is 8.92. The van der Waals surface area contributed by atoms with Crippen LogP contribution in [0.15, 0.2) is 220 Å². The zero-order valence-corrected chi connectivity index (χ0v) is 36.6. The van der Waals surface area contributed by atoms with Gasteiger partial charge in [-0.15, -0.1) is 0 Å². The van der Waals surface area contributed by atoms with Gasteiger partial charge in [0, 0.05) is 63.6 Å². The Morgan fingerprint density at radius 3 is 1.09 bits per heavy atom. The molecule has 308 valence electrons. The van der Waals surface area contributed by atoms with Crippen LogP contribution >= 0.6 is 23.5 Å². The minimum absolute atomic E-state index is 0.367. The standard InChI is InChI=1S/C57H39F2N3S2/c1-57(2,62-42-25-9-5-19-36(42)37-20-6-10-26-43(37)62)56-54(38-21-3-7-23-40(38)58)48(60-44-27-11-15-31-50(44)63-51-32-16-12-28-45(51)60)35-49(55(56)39-22-4-8-24-41(39)59)61-46-29-13-17-33-52(46)64-53-34-18-14-30-47(53)61/h3-35H,1-2H3. The number of hydrogen-bond donors (Lipinski definition) is 0. The average molecular weight is 868 g/mol. The van der Waals surface area contributed by atoms with Crippen LogP contribution < -0.4 is 9.80 Å². The number of halogens is 2. The van der Waals surface area contributed by atoms with Crippen molar-refractivity contribution in [2.75, 3.05) is 9.80 Å². The first-order chi connectivity index (χ1) is 31.4. The van der Waals surface area contributed by atoms with E-state index in [0.717, 1.165) is 81.1 Å². The average Bonchev–Trinajstić information content (AvgIpc) is 3.68. The van der Waals surface area contributed by atoms with Crippen LogP contribution in [0.2, 0.25) is 0 Å². The zero-order chi connectivity index (χ0) is 43.1. The predicted molar refractivity (Wildman–Crippen MR) is 263 cm³/mol. The molecule has 0 N–H and O–H groups in total. The first kappa shape index (κ1) is 38.6. The lowest BCUT2D eigenvalue weighted by molar-refractivity contribution is 0.467. The Kier molecular flexibility index (Phi) is 9.07. The van der Waals surface area contributed by atoms with Crippen molar-refractivity contribution in [1.82, 2.24) is 4.57 Å². The van der Waals surface area contributed by atoms with Gasteiger partial charge in [-0.25, -0.2) is 8.78 Å². The summed E-state index contributed by atoms with van der Waals surface area (Å²) in [6.07, 6.45) is 0. The number of aromatic nitrogens is 1. The summed E-state index contributed by atoms with van der Waals surface area (Å²) < 4.78 is 37.1. The molecular weight excluding hydrogens is 829 g/mol. The summed E-state index contributed by atoms with van der Waals surface area (Å²) in [6, 6.07) is 67.0. The fraction of sp³-hybridized carbons (Fsp3) is 0.0526. The third-order valence-electron chi connectivity index (χ3n) is 12.7. The second kappa shape index (κ2) is 15.0. The number of fused-ring (bicyclic) bond motifs is 7. The van der Waals surface area contributed by atoms with Gasteiger partial charge in [0.25, 0.3) is 0 Å². The number of nitrogens with zero attached hydrogens (tertiary/aromatic N) is 3. The topological polar surface area (TPSA) is 11.4 Å². The highest BCUT2D eigenvalue weighted by atomic mass is 32.2. The molecule has 9 aromatic carbocycles. The van der Waals surface area contributed by atoms with Crippen molar-refractivity contribution in [2.24, 2.45) is 0 Å². The number of benzene rings is 9. The third-order valence-corrected chi connectivity index (χ3v) is 14.9. The van der Waals surface area contributed by atoms with Crippen molar-refractivity contribution >= 4 is 79.5 Å². The molecule has 2 aliphatic rings. The molecule has 10 aromatic rings. The minimum atomic E-state index is -0.976. The highest BCUT2D eigenvalue weighted by Crippen LogP contribution is 2.61. The molecule has 0 bridgehead atoms. The quantitative estimate of drug-likeness (QED) is 0.165. The molecule has 0 atom stereocenters. The van der Waals surface area contributed by atoms with Gasteiger partial charge >= 0.3 is 0 Å². The Hall–Kier alpha value is -7.06. The Morgan fingerprint density at radius 2 is 0.703 bits per heavy atom. The second-order valence-electron chi connectivity index (χ2n) is 16.7. The van der Waals surface area contributed by atoms with Gasteiger partial charge in [0.05, 0.1) is 39.7 Å². The molecule has 1 aromatic heterocycles. The van der Waals surface area contributed by atoms with E-state index in [1.165, 1.54) is 12.1 Å². The van der Waals surface area contributed by atoms with Gasteiger partial charge in [-0.05, 0) is 98.3 Å². The molecule has 0 aliphatic carbocycles. The SMILES string of the molecule is CC(C)(c1c(-c2ccccc2F)c(N2c3ccccc3Sc3ccccc32)cc(N2c3ccccc3Sc3ccccc32)c1-c1ccccc1F)n1c2ccccc2c2ccccc21. The lowest BCUT2D eigenvalue weighted by atomic mass is 9.78. The van der Waals surface area contributed by atoms with Crippen LogP contribution in [-0.4, -0.2) is 4.57 Å². The van der Waals surface area contributed by atoms with Gasteiger partial charge in [0.15, 0.2) is 0 Å². The predicted octanol–water partition coefficient (Wildman–Crippen LogP) is 17.1. The van der Waals surface area contributed by atoms with Gasteiger partial charge in [-0.3, -0.25) is 0 Å². The third kappa shape index (κ3) is 5.88. The normalized spacial score (nSPS) is 13.1. The fourth-order valence-electron chi connectivity index (χ4n) is 10.1. The zero-order valence-electron chi connectivity index (χ0n) is 35.0. The maximum absolute atomic E-state index is 17.4. The van der Waals surface area contributed by atoms with Gasteiger partial charge in [0.1, 0.15) is 11.6 Å². The van der Waals surface area contributed by atoms with Crippen LogP contribution in [0.5, 0.6) is 0 Å². The molecule has 0 spiro atoms.